The molecule has 3 rings (SSSR count). The first-order chi connectivity index (χ1) is 9.72. The lowest BCUT2D eigenvalue weighted by Crippen LogP contribution is -2.14. The number of carbonyl (C=O) groups is 1. The quantitative estimate of drug-likeness (QED) is 0.832. The van der Waals surface area contributed by atoms with Crippen LogP contribution in [0.3, 0.4) is 0 Å². The number of carbonyl (C=O) groups excluding carboxylic acids is 1. The average molecular weight is 266 g/mol. The van der Waals surface area contributed by atoms with Gasteiger partial charge in [0.1, 0.15) is 11.6 Å². The van der Waals surface area contributed by atoms with Crippen molar-refractivity contribution in [2.24, 2.45) is 0 Å². The number of aryl methyl sites for hydroxylation is 1. The van der Waals surface area contributed by atoms with Gasteiger partial charge in [0.15, 0.2) is 0 Å². The second kappa shape index (κ2) is 5.53. The molecule has 1 fully saturated rings. The minimum absolute atomic E-state index is 0.332. The van der Waals surface area contributed by atoms with Crippen LogP contribution in [0.1, 0.15) is 43.0 Å². The minimum Gasteiger partial charge on any atom is -0.300 e. The Balaban J connectivity index is 1.86. The van der Waals surface area contributed by atoms with E-state index in [0.717, 1.165) is 29.9 Å². The second-order valence-electron chi connectivity index (χ2n) is 5.48. The van der Waals surface area contributed by atoms with Gasteiger partial charge in [-0.3, -0.25) is 4.79 Å². The highest BCUT2D eigenvalue weighted by Gasteiger charge is 2.22. The lowest BCUT2D eigenvalue weighted by molar-refractivity contribution is -0.120. The number of benzene rings is 1. The summed E-state index contributed by atoms with van der Waals surface area (Å²) in [6.45, 7) is 2.08. The van der Waals surface area contributed by atoms with Gasteiger partial charge in [0, 0.05) is 30.5 Å². The Morgan fingerprint density at radius 1 is 1.05 bits per heavy atom. The summed E-state index contributed by atoms with van der Waals surface area (Å²) >= 11 is 0. The maximum Gasteiger partial charge on any atom is 0.132 e. The monoisotopic (exact) mass is 266 g/mol. The summed E-state index contributed by atoms with van der Waals surface area (Å²) < 4.78 is 0. The van der Waals surface area contributed by atoms with E-state index in [1.54, 1.807) is 0 Å². The number of Topliss-reactive ketones (excluding diaryl/α,β-unsaturated/α-hetero) is 1. The first-order valence-corrected chi connectivity index (χ1v) is 7.14. The summed E-state index contributed by atoms with van der Waals surface area (Å²) in [7, 11) is 0. The number of rotatable bonds is 2. The highest BCUT2D eigenvalue weighted by atomic mass is 16.1. The summed E-state index contributed by atoms with van der Waals surface area (Å²) in [4.78, 5) is 20.4. The molecule has 1 aromatic carbocycles. The van der Waals surface area contributed by atoms with Crippen molar-refractivity contribution in [2.75, 3.05) is 0 Å². The molecule has 1 aromatic heterocycles. The fourth-order valence-electron chi connectivity index (χ4n) is 2.65. The Morgan fingerprint density at radius 2 is 1.75 bits per heavy atom. The predicted molar refractivity (Wildman–Crippen MR) is 78.4 cm³/mol. The minimum atomic E-state index is 0.332. The normalized spacial score (nSPS) is 16.4. The Kier molecular flexibility index (Phi) is 3.59. The van der Waals surface area contributed by atoms with Crippen LogP contribution >= 0.6 is 0 Å². The van der Waals surface area contributed by atoms with Crippen LogP contribution in [0.15, 0.2) is 36.5 Å². The van der Waals surface area contributed by atoms with Gasteiger partial charge in [-0.05, 0) is 25.8 Å². The van der Waals surface area contributed by atoms with Gasteiger partial charge in [-0.1, -0.05) is 29.8 Å². The molecule has 0 radical (unpaired) electrons. The second-order valence-corrected chi connectivity index (χ2v) is 5.48. The Labute approximate surface area is 119 Å². The Bertz CT molecular complexity index is 609. The molecule has 20 heavy (non-hydrogen) atoms. The van der Waals surface area contributed by atoms with E-state index in [4.69, 9.17) is 4.98 Å². The van der Waals surface area contributed by atoms with E-state index in [-0.39, 0.29) is 0 Å². The van der Waals surface area contributed by atoms with Crippen molar-refractivity contribution in [1.29, 1.82) is 0 Å². The predicted octanol–water partition coefficient (Wildman–Crippen LogP) is 3.68. The van der Waals surface area contributed by atoms with Crippen molar-refractivity contribution >= 4 is 5.78 Å². The SMILES string of the molecule is Cc1ccc(-c2ccnc(C3CCC(=O)CC3)n2)cc1. The first kappa shape index (κ1) is 13.0. The third-order valence-corrected chi connectivity index (χ3v) is 3.93. The lowest BCUT2D eigenvalue weighted by atomic mass is 9.88. The molecular weight excluding hydrogens is 248 g/mol. The van der Waals surface area contributed by atoms with Gasteiger partial charge in [-0.15, -0.1) is 0 Å². The third-order valence-electron chi connectivity index (χ3n) is 3.93. The summed E-state index contributed by atoms with van der Waals surface area (Å²) in [5, 5.41) is 0. The van der Waals surface area contributed by atoms with Crippen LogP contribution < -0.4 is 0 Å². The number of nitrogens with zero attached hydrogens (tertiary/aromatic N) is 2. The van der Waals surface area contributed by atoms with Crippen LogP contribution in [-0.2, 0) is 4.79 Å². The summed E-state index contributed by atoms with van der Waals surface area (Å²) in [5.74, 6) is 1.59. The molecule has 1 aliphatic rings. The van der Waals surface area contributed by atoms with Crippen LogP contribution in [0.5, 0.6) is 0 Å². The fraction of sp³-hybridized carbons (Fsp3) is 0.353. The van der Waals surface area contributed by atoms with Gasteiger partial charge in [0.05, 0.1) is 5.69 Å². The van der Waals surface area contributed by atoms with Crippen LogP contribution in [0.4, 0.5) is 0 Å². The summed E-state index contributed by atoms with van der Waals surface area (Å²) in [5.41, 5.74) is 3.33. The highest BCUT2D eigenvalue weighted by Crippen LogP contribution is 2.30. The zero-order chi connectivity index (χ0) is 13.9. The molecule has 0 amide bonds. The molecule has 0 aliphatic heterocycles. The van der Waals surface area contributed by atoms with Crippen LogP contribution in [0.2, 0.25) is 0 Å². The molecule has 3 nitrogen and oxygen atoms in total. The highest BCUT2D eigenvalue weighted by molar-refractivity contribution is 5.79. The van der Waals surface area contributed by atoms with Crippen molar-refractivity contribution in [3.8, 4) is 11.3 Å². The van der Waals surface area contributed by atoms with E-state index in [9.17, 15) is 4.79 Å². The van der Waals surface area contributed by atoms with Crippen LogP contribution in [0.25, 0.3) is 11.3 Å². The summed E-state index contributed by atoms with van der Waals surface area (Å²) in [6, 6.07) is 10.3. The topological polar surface area (TPSA) is 42.9 Å². The molecule has 1 aliphatic carbocycles. The molecule has 1 saturated carbocycles. The van der Waals surface area contributed by atoms with Gasteiger partial charge in [0.25, 0.3) is 0 Å². The molecule has 3 heteroatoms. The number of hydrogen-bond donors (Lipinski definition) is 0. The molecule has 0 spiro atoms. The van der Waals surface area contributed by atoms with Crippen molar-refractivity contribution < 1.29 is 4.79 Å². The molecule has 0 unspecified atom stereocenters. The van der Waals surface area contributed by atoms with Gasteiger partial charge < -0.3 is 0 Å². The van der Waals surface area contributed by atoms with E-state index >= 15 is 0 Å². The van der Waals surface area contributed by atoms with Gasteiger partial charge in [-0.25, -0.2) is 9.97 Å². The van der Waals surface area contributed by atoms with Crippen molar-refractivity contribution in [3.63, 3.8) is 0 Å². The molecule has 0 atom stereocenters. The van der Waals surface area contributed by atoms with Gasteiger partial charge in [-0.2, -0.15) is 0 Å². The van der Waals surface area contributed by atoms with Gasteiger partial charge >= 0.3 is 0 Å². The van der Waals surface area contributed by atoms with E-state index in [2.05, 4.69) is 36.2 Å². The zero-order valence-electron chi connectivity index (χ0n) is 11.7. The van der Waals surface area contributed by atoms with E-state index < -0.39 is 0 Å². The van der Waals surface area contributed by atoms with Crippen LogP contribution in [0, 0.1) is 6.92 Å². The number of ketones is 1. The van der Waals surface area contributed by atoms with E-state index in [0.29, 0.717) is 24.5 Å². The molecule has 2 aromatic rings. The molecule has 0 N–H and O–H groups in total. The average Bonchev–Trinajstić information content (AvgIpc) is 2.49. The number of hydrogen-bond acceptors (Lipinski definition) is 3. The first-order valence-electron chi connectivity index (χ1n) is 7.14. The Morgan fingerprint density at radius 3 is 2.45 bits per heavy atom. The number of aromatic nitrogens is 2. The molecule has 1 heterocycles. The van der Waals surface area contributed by atoms with Crippen molar-refractivity contribution in [3.05, 3.63) is 47.9 Å². The fourth-order valence-corrected chi connectivity index (χ4v) is 2.65. The Hall–Kier alpha value is -2.03. The van der Waals surface area contributed by atoms with Crippen LogP contribution in [-0.4, -0.2) is 15.8 Å². The van der Waals surface area contributed by atoms with E-state index in [1.807, 2.05) is 12.3 Å². The van der Waals surface area contributed by atoms with Crippen molar-refractivity contribution in [2.45, 2.75) is 38.5 Å². The molecular formula is C17H18N2O. The summed E-state index contributed by atoms with van der Waals surface area (Å²) in [6.07, 6.45) is 4.94. The molecule has 102 valence electrons. The zero-order valence-corrected chi connectivity index (χ0v) is 11.7. The van der Waals surface area contributed by atoms with Crippen molar-refractivity contribution in [1.82, 2.24) is 9.97 Å². The standard InChI is InChI=1S/C17H18N2O/c1-12-2-4-13(5-3-12)16-10-11-18-17(19-16)14-6-8-15(20)9-7-14/h2-5,10-11,14H,6-9H2,1H3. The third kappa shape index (κ3) is 2.77. The largest absolute Gasteiger partial charge is 0.300 e. The molecule has 0 saturated heterocycles. The molecule has 0 bridgehead atoms. The maximum absolute atomic E-state index is 11.3. The lowest BCUT2D eigenvalue weighted by Gasteiger charge is -2.19. The smallest absolute Gasteiger partial charge is 0.132 e. The van der Waals surface area contributed by atoms with Gasteiger partial charge in [0.2, 0.25) is 0 Å². The maximum atomic E-state index is 11.3. The van der Waals surface area contributed by atoms with E-state index in [1.165, 1.54) is 5.56 Å².